The molecule has 0 spiro atoms. The van der Waals surface area contributed by atoms with Crippen molar-refractivity contribution in [1.29, 1.82) is 5.41 Å². The van der Waals surface area contributed by atoms with Gasteiger partial charge in [0.2, 0.25) is 0 Å². The van der Waals surface area contributed by atoms with E-state index in [4.69, 9.17) is 5.41 Å². The zero-order chi connectivity index (χ0) is 32.2. The van der Waals surface area contributed by atoms with E-state index >= 15 is 0 Å². The highest BCUT2D eigenvalue weighted by atomic mass is 14.7. The van der Waals surface area contributed by atoms with Gasteiger partial charge in [0, 0.05) is 24.5 Å². The first-order valence-electron chi connectivity index (χ1n) is 16.7. The summed E-state index contributed by atoms with van der Waals surface area (Å²) >= 11 is 0. The molecule has 3 atom stereocenters. The second-order valence-electron chi connectivity index (χ2n) is 12.7. The molecule has 0 amide bonds. The zero-order valence-corrected chi connectivity index (χ0v) is 26.9. The van der Waals surface area contributed by atoms with Gasteiger partial charge in [-0.15, -0.1) is 0 Å². The molecule has 0 saturated heterocycles. The Balaban J connectivity index is 1.41. The molecule has 5 aromatic rings. The van der Waals surface area contributed by atoms with Crippen LogP contribution in [0.15, 0.2) is 162 Å². The highest BCUT2D eigenvalue weighted by Gasteiger charge is 2.26. The van der Waals surface area contributed by atoms with E-state index in [9.17, 15) is 0 Å². The predicted molar refractivity (Wildman–Crippen MR) is 204 cm³/mol. The highest BCUT2D eigenvalue weighted by molar-refractivity contribution is 6.20. The third kappa shape index (κ3) is 6.00. The summed E-state index contributed by atoms with van der Waals surface area (Å²) in [6, 6.07) is 33.4. The van der Waals surface area contributed by atoms with Crippen LogP contribution in [0.5, 0.6) is 0 Å². The van der Waals surface area contributed by atoms with E-state index < -0.39 is 0 Å². The number of fused-ring (bicyclic) bond motifs is 3. The molecule has 1 N–H and O–H groups in total. The van der Waals surface area contributed by atoms with Gasteiger partial charge >= 0.3 is 0 Å². The van der Waals surface area contributed by atoms with Gasteiger partial charge in [-0.2, -0.15) is 0 Å². The lowest BCUT2D eigenvalue weighted by Crippen LogP contribution is -2.23. The summed E-state index contributed by atoms with van der Waals surface area (Å²) in [4.78, 5) is 4.45. The van der Waals surface area contributed by atoms with Crippen LogP contribution in [-0.2, 0) is 0 Å². The van der Waals surface area contributed by atoms with E-state index in [1.807, 2.05) is 18.5 Å². The minimum atomic E-state index is 0.0874. The Morgan fingerprint density at radius 1 is 0.872 bits per heavy atom. The van der Waals surface area contributed by atoms with Gasteiger partial charge in [-0.3, -0.25) is 4.99 Å². The number of aliphatic imine (C=N–C) groups is 1. The number of benzene rings is 5. The Hall–Kier alpha value is -5.34. The molecule has 2 nitrogen and oxygen atoms in total. The van der Waals surface area contributed by atoms with E-state index in [0.29, 0.717) is 0 Å². The number of rotatable bonds is 8. The van der Waals surface area contributed by atoms with Crippen molar-refractivity contribution in [3.8, 4) is 11.1 Å². The van der Waals surface area contributed by atoms with Gasteiger partial charge < -0.3 is 5.41 Å². The summed E-state index contributed by atoms with van der Waals surface area (Å²) in [5.74, 6) is 0.554. The highest BCUT2D eigenvalue weighted by Crippen LogP contribution is 2.44. The molecule has 1 aliphatic carbocycles. The number of nitrogens with one attached hydrogen (secondary N) is 1. The summed E-state index contributed by atoms with van der Waals surface area (Å²) in [5, 5.41) is 15.0. The molecule has 1 aliphatic heterocycles. The van der Waals surface area contributed by atoms with E-state index in [-0.39, 0.29) is 17.8 Å². The molecule has 2 heteroatoms. The van der Waals surface area contributed by atoms with E-state index in [0.717, 1.165) is 24.8 Å². The maximum Gasteiger partial charge on any atom is 0.0256 e. The molecular weight excluding hydrogens is 569 g/mol. The van der Waals surface area contributed by atoms with Gasteiger partial charge in [0.1, 0.15) is 0 Å². The van der Waals surface area contributed by atoms with Crippen LogP contribution in [0.25, 0.3) is 49.0 Å². The van der Waals surface area contributed by atoms with Crippen LogP contribution in [0.4, 0.5) is 0 Å². The van der Waals surface area contributed by atoms with Crippen molar-refractivity contribution < 1.29 is 0 Å². The molecule has 1 heterocycles. The van der Waals surface area contributed by atoms with Crippen LogP contribution >= 0.6 is 0 Å². The molecule has 0 saturated carbocycles. The van der Waals surface area contributed by atoms with Crippen molar-refractivity contribution >= 4 is 50.3 Å². The third-order valence-corrected chi connectivity index (χ3v) is 9.78. The second kappa shape index (κ2) is 13.6. The summed E-state index contributed by atoms with van der Waals surface area (Å²) in [6.45, 7) is 6.62. The van der Waals surface area contributed by atoms with Crippen LogP contribution < -0.4 is 0 Å². The lowest BCUT2D eigenvalue weighted by Gasteiger charge is -2.28. The van der Waals surface area contributed by atoms with E-state index in [1.165, 1.54) is 66.4 Å². The van der Waals surface area contributed by atoms with Gasteiger partial charge in [-0.1, -0.05) is 135 Å². The maximum atomic E-state index is 7.42. The average Bonchev–Trinajstić information content (AvgIpc) is 3.13. The SMILES string of the molecule is C=C(/C=C\C=N)C1C=NC=CC1C(C)/C=C\C(=C1\C=CCCC1)c1c2ccccc2c(-c2ccc3ccccc3c2)c2ccccc12. The molecule has 7 rings (SSSR count). The Kier molecular flexibility index (Phi) is 8.75. The lowest BCUT2D eigenvalue weighted by atomic mass is 9.77. The van der Waals surface area contributed by atoms with E-state index in [2.05, 4.69) is 140 Å². The van der Waals surface area contributed by atoms with Crippen molar-refractivity contribution in [2.75, 3.05) is 0 Å². The van der Waals surface area contributed by atoms with Crippen molar-refractivity contribution in [2.45, 2.75) is 26.2 Å². The molecule has 2 aliphatic rings. The smallest absolute Gasteiger partial charge is 0.0256 e. The fourth-order valence-corrected chi connectivity index (χ4v) is 7.38. The Bertz CT molecular complexity index is 2130. The molecular formula is C45H40N2. The molecule has 0 bridgehead atoms. The summed E-state index contributed by atoms with van der Waals surface area (Å²) in [5.41, 5.74) is 7.51. The number of allylic oxidation sites excluding steroid dienone is 10. The van der Waals surface area contributed by atoms with Crippen molar-refractivity contribution in [3.05, 3.63) is 163 Å². The summed E-state index contributed by atoms with van der Waals surface area (Å²) in [6.07, 6.45) is 23.9. The van der Waals surface area contributed by atoms with Crippen LogP contribution in [0, 0.1) is 23.2 Å². The van der Waals surface area contributed by atoms with Crippen molar-refractivity contribution in [1.82, 2.24) is 0 Å². The first-order chi connectivity index (χ1) is 23.1. The van der Waals surface area contributed by atoms with Crippen molar-refractivity contribution in [2.24, 2.45) is 22.7 Å². The van der Waals surface area contributed by atoms with Gasteiger partial charge in [0.05, 0.1) is 0 Å². The quantitative estimate of drug-likeness (QED) is 0.103. The van der Waals surface area contributed by atoms with Crippen LogP contribution in [0.1, 0.15) is 31.7 Å². The topological polar surface area (TPSA) is 36.2 Å². The second-order valence-corrected chi connectivity index (χ2v) is 12.7. The molecule has 47 heavy (non-hydrogen) atoms. The normalized spacial score (nSPS) is 19.7. The molecule has 5 aromatic carbocycles. The van der Waals surface area contributed by atoms with Crippen LogP contribution in [0.2, 0.25) is 0 Å². The van der Waals surface area contributed by atoms with Gasteiger partial charge in [0.15, 0.2) is 0 Å². The molecule has 230 valence electrons. The maximum absolute atomic E-state index is 7.42. The van der Waals surface area contributed by atoms with E-state index in [1.54, 1.807) is 6.08 Å². The fraction of sp³-hybridized carbons (Fsp3) is 0.156. The molecule has 0 fully saturated rings. The monoisotopic (exact) mass is 608 g/mol. The minimum Gasteiger partial charge on any atom is -0.309 e. The first-order valence-corrected chi connectivity index (χ1v) is 16.7. The predicted octanol–water partition coefficient (Wildman–Crippen LogP) is 12.1. The number of nitrogens with zero attached hydrogens (tertiary/aromatic N) is 1. The standard InChI is InChI=1S/C45H40N2/c1-31(13-12-27-46)43-30-47-28-26-37(43)32(2)22-25-38(34-15-4-3-5-16-34)45-41-20-10-8-18-39(41)44(40-19-9-11-21-42(40)45)36-24-23-33-14-6-7-17-35(33)29-36/h4,6-15,17-30,32,37,43,46H,1,3,5,16H2,2H3/b13-12-,25-22-,38-34+,46-27?. The van der Waals surface area contributed by atoms with Gasteiger partial charge in [0.25, 0.3) is 0 Å². The fourth-order valence-electron chi connectivity index (χ4n) is 7.38. The van der Waals surface area contributed by atoms with Gasteiger partial charge in [-0.05, 0) is 109 Å². The minimum absolute atomic E-state index is 0.0874. The largest absolute Gasteiger partial charge is 0.309 e. The third-order valence-electron chi connectivity index (χ3n) is 9.78. The zero-order valence-electron chi connectivity index (χ0n) is 26.9. The molecule has 0 radical (unpaired) electrons. The number of hydrogen-bond acceptors (Lipinski definition) is 2. The lowest BCUT2D eigenvalue weighted by molar-refractivity contribution is 0.456. The Labute approximate surface area is 278 Å². The van der Waals surface area contributed by atoms with Crippen molar-refractivity contribution in [3.63, 3.8) is 0 Å². The Morgan fingerprint density at radius 3 is 2.28 bits per heavy atom. The Morgan fingerprint density at radius 2 is 1.57 bits per heavy atom. The first kappa shape index (κ1) is 30.3. The van der Waals surface area contributed by atoms with Crippen LogP contribution in [-0.4, -0.2) is 12.4 Å². The average molecular weight is 609 g/mol. The number of hydrogen-bond donors (Lipinski definition) is 1. The van der Waals surface area contributed by atoms with Crippen LogP contribution in [0.3, 0.4) is 0 Å². The molecule has 3 unspecified atom stereocenters. The summed E-state index contributed by atoms with van der Waals surface area (Å²) in [7, 11) is 0. The van der Waals surface area contributed by atoms with Gasteiger partial charge in [-0.25, -0.2) is 0 Å². The molecule has 0 aromatic heterocycles. The summed E-state index contributed by atoms with van der Waals surface area (Å²) < 4.78 is 0.